The van der Waals surface area contributed by atoms with Crippen LogP contribution in [0.3, 0.4) is 0 Å². The molecule has 1 fully saturated rings. The van der Waals surface area contributed by atoms with Crippen LogP contribution in [0.25, 0.3) is 0 Å². The number of anilines is 1. The van der Waals surface area contributed by atoms with Crippen LogP contribution in [0.15, 0.2) is 35.6 Å². The van der Waals surface area contributed by atoms with Gasteiger partial charge in [-0.05, 0) is 51.6 Å². The average molecular weight is 486 g/mol. The van der Waals surface area contributed by atoms with Crippen molar-refractivity contribution < 1.29 is 14.7 Å². The summed E-state index contributed by atoms with van der Waals surface area (Å²) in [7, 11) is 2.06. The SMILES string of the molecule is Cc1ccc(O)c(C)c1NC(=O)c1cnc(/N=C(N)\C=C/NCC(=O)N2CCCN(C)CC2)s1. The minimum absolute atomic E-state index is 0.0447. The van der Waals surface area contributed by atoms with Gasteiger partial charge in [0.2, 0.25) is 11.0 Å². The number of likely N-dealkylation sites (N-methyl/N-ethyl adjacent to an activating group) is 1. The van der Waals surface area contributed by atoms with Crippen molar-refractivity contribution in [2.24, 2.45) is 10.7 Å². The maximum absolute atomic E-state index is 12.6. The van der Waals surface area contributed by atoms with Crippen molar-refractivity contribution in [1.82, 2.24) is 20.1 Å². The Balaban J connectivity index is 1.52. The molecule has 0 radical (unpaired) electrons. The Bertz CT molecular complexity index is 1100. The van der Waals surface area contributed by atoms with E-state index in [-0.39, 0.29) is 29.9 Å². The number of aliphatic imine (C=N–C) groups is 1. The maximum atomic E-state index is 12.6. The van der Waals surface area contributed by atoms with Crippen LogP contribution in [0.4, 0.5) is 10.8 Å². The number of carbonyl (C=O) groups is 2. The fraction of sp³-hybridized carbons (Fsp3) is 0.391. The number of benzene rings is 1. The number of carbonyl (C=O) groups excluding carboxylic acids is 2. The Morgan fingerprint density at radius 3 is 2.85 bits per heavy atom. The number of amidine groups is 1. The Morgan fingerprint density at radius 1 is 1.26 bits per heavy atom. The quantitative estimate of drug-likeness (QED) is 0.348. The van der Waals surface area contributed by atoms with Crippen LogP contribution in [0.2, 0.25) is 0 Å². The number of aryl methyl sites for hydroxylation is 1. The molecule has 1 aliphatic heterocycles. The molecular formula is C23H31N7O3S. The molecular weight excluding hydrogens is 454 g/mol. The Hall–Kier alpha value is -3.44. The number of hydrogen-bond donors (Lipinski definition) is 4. The summed E-state index contributed by atoms with van der Waals surface area (Å²) in [6, 6.07) is 3.33. The lowest BCUT2D eigenvalue weighted by atomic mass is 10.1. The number of thiazole rings is 1. The standard InChI is InChI=1S/C23H31N7O3S/c1-15-5-6-17(31)16(2)21(15)28-22(33)18-13-26-23(34-18)27-19(24)7-8-25-14-20(32)30-10-4-9-29(3)11-12-30/h5-8,13,25,31H,4,9-12,14H2,1-3H3,(H,28,33)(H2,24,26,27)/b8-7-. The van der Waals surface area contributed by atoms with Gasteiger partial charge in [0.25, 0.3) is 5.91 Å². The highest BCUT2D eigenvalue weighted by atomic mass is 32.1. The van der Waals surface area contributed by atoms with Gasteiger partial charge in [-0.3, -0.25) is 9.59 Å². The molecule has 0 saturated carbocycles. The van der Waals surface area contributed by atoms with E-state index in [9.17, 15) is 14.7 Å². The van der Waals surface area contributed by atoms with E-state index >= 15 is 0 Å². The van der Waals surface area contributed by atoms with Gasteiger partial charge in [0, 0.05) is 31.4 Å². The zero-order chi connectivity index (χ0) is 24.7. The minimum Gasteiger partial charge on any atom is -0.508 e. The van der Waals surface area contributed by atoms with Gasteiger partial charge in [-0.15, -0.1) is 0 Å². The second-order valence-electron chi connectivity index (χ2n) is 8.15. The van der Waals surface area contributed by atoms with Gasteiger partial charge in [-0.2, -0.15) is 0 Å². The lowest BCUT2D eigenvalue weighted by Crippen LogP contribution is -2.39. The summed E-state index contributed by atoms with van der Waals surface area (Å²) in [5.74, 6) is 0.00900. The summed E-state index contributed by atoms with van der Waals surface area (Å²) < 4.78 is 0. The Labute approximate surface area is 203 Å². The van der Waals surface area contributed by atoms with E-state index in [1.54, 1.807) is 31.3 Å². The fourth-order valence-electron chi connectivity index (χ4n) is 3.47. The monoisotopic (exact) mass is 485 g/mol. The third kappa shape index (κ3) is 6.78. The molecule has 1 aliphatic rings. The van der Waals surface area contributed by atoms with E-state index in [1.165, 1.54) is 6.20 Å². The lowest BCUT2D eigenvalue weighted by Gasteiger charge is -2.20. The third-order valence-corrected chi connectivity index (χ3v) is 6.41. The van der Waals surface area contributed by atoms with E-state index in [0.717, 1.165) is 49.5 Å². The molecule has 2 aromatic rings. The summed E-state index contributed by atoms with van der Waals surface area (Å²) in [6.45, 7) is 7.15. The number of phenolic OH excluding ortho intramolecular Hbond substituents is 1. The molecule has 182 valence electrons. The van der Waals surface area contributed by atoms with Gasteiger partial charge in [-0.25, -0.2) is 9.98 Å². The molecule has 5 N–H and O–H groups in total. The van der Waals surface area contributed by atoms with Crippen molar-refractivity contribution in [2.45, 2.75) is 20.3 Å². The van der Waals surface area contributed by atoms with Crippen molar-refractivity contribution in [2.75, 3.05) is 45.1 Å². The van der Waals surface area contributed by atoms with Gasteiger partial charge in [-0.1, -0.05) is 17.4 Å². The highest BCUT2D eigenvalue weighted by Crippen LogP contribution is 2.29. The van der Waals surface area contributed by atoms with Crippen molar-refractivity contribution >= 4 is 39.8 Å². The van der Waals surface area contributed by atoms with Gasteiger partial charge in [0.1, 0.15) is 16.5 Å². The predicted octanol–water partition coefficient (Wildman–Crippen LogP) is 1.97. The molecule has 1 aromatic heterocycles. The molecule has 0 bridgehead atoms. The Morgan fingerprint density at radius 2 is 2.06 bits per heavy atom. The zero-order valence-corrected chi connectivity index (χ0v) is 20.5. The molecule has 2 amide bonds. The fourth-order valence-corrected chi connectivity index (χ4v) is 4.17. The molecule has 10 nitrogen and oxygen atoms in total. The first kappa shape index (κ1) is 25.2. The molecule has 3 rings (SSSR count). The topological polar surface area (TPSA) is 136 Å². The summed E-state index contributed by atoms with van der Waals surface area (Å²) in [6.07, 6.45) is 5.52. The van der Waals surface area contributed by atoms with Crippen molar-refractivity contribution in [1.29, 1.82) is 0 Å². The summed E-state index contributed by atoms with van der Waals surface area (Å²) >= 11 is 1.10. The first-order valence-corrected chi connectivity index (χ1v) is 11.8. The molecule has 0 aliphatic carbocycles. The van der Waals surface area contributed by atoms with Crippen LogP contribution in [0, 0.1) is 13.8 Å². The first-order chi connectivity index (χ1) is 16.2. The summed E-state index contributed by atoms with van der Waals surface area (Å²) in [5, 5.41) is 16.0. The molecule has 0 unspecified atom stereocenters. The first-order valence-electron chi connectivity index (χ1n) is 11.0. The van der Waals surface area contributed by atoms with E-state index < -0.39 is 0 Å². The normalized spacial score (nSPS) is 15.4. The zero-order valence-electron chi connectivity index (χ0n) is 19.7. The van der Waals surface area contributed by atoms with Crippen LogP contribution in [0.1, 0.15) is 27.2 Å². The van der Waals surface area contributed by atoms with Crippen LogP contribution in [0.5, 0.6) is 5.75 Å². The van der Waals surface area contributed by atoms with Crippen LogP contribution in [-0.2, 0) is 4.79 Å². The largest absolute Gasteiger partial charge is 0.508 e. The molecule has 1 aromatic carbocycles. The number of rotatable bonds is 7. The van der Waals surface area contributed by atoms with Crippen molar-refractivity contribution in [3.05, 3.63) is 46.6 Å². The third-order valence-electron chi connectivity index (χ3n) is 5.52. The second kappa shape index (κ2) is 11.6. The van der Waals surface area contributed by atoms with E-state index in [2.05, 4.69) is 32.6 Å². The molecule has 0 spiro atoms. The lowest BCUT2D eigenvalue weighted by molar-refractivity contribution is -0.129. The maximum Gasteiger partial charge on any atom is 0.267 e. The van der Waals surface area contributed by atoms with E-state index in [0.29, 0.717) is 21.3 Å². The second-order valence-corrected chi connectivity index (χ2v) is 9.16. The highest BCUT2D eigenvalue weighted by molar-refractivity contribution is 7.17. The molecule has 1 saturated heterocycles. The van der Waals surface area contributed by atoms with Crippen molar-refractivity contribution in [3.63, 3.8) is 0 Å². The van der Waals surface area contributed by atoms with Crippen LogP contribution < -0.4 is 16.4 Å². The number of amides is 2. The predicted molar refractivity (Wildman–Crippen MR) is 135 cm³/mol. The summed E-state index contributed by atoms with van der Waals surface area (Å²) in [5.41, 5.74) is 7.94. The number of nitrogens with one attached hydrogen (secondary N) is 2. The van der Waals surface area contributed by atoms with Crippen molar-refractivity contribution in [3.8, 4) is 5.75 Å². The summed E-state index contributed by atoms with van der Waals surface area (Å²) in [4.78, 5) is 37.7. The van der Waals surface area contributed by atoms with Gasteiger partial charge < -0.3 is 31.3 Å². The molecule has 11 heteroatoms. The average Bonchev–Trinajstić information content (AvgIpc) is 3.16. The molecule has 34 heavy (non-hydrogen) atoms. The smallest absolute Gasteiger partial charge is 0.267 e. The van der Waals surface area contributed by atoms with E-state index in [1.807, 2.05) is 11.8 Å². The minimum atomic E-state index is -0.343. The van der Waals surface area contributed by atoms with Crippen LogP contribution in [-0.4, -0.2) is 77.3 Å². The number of hydrogen-bond acceptors (Lipinski definition) is 8. The number of nitrogens with two attached hydrogens (primary N) is 1. The number of aromatic hydroxyl groups is 1. The molecule has 0 atom stereocenters. The van der Waals surface area contributed by atoms with Gasteiger partial charge >= 0.3 is 0 Å². The van der Waals surface area contributed by atoms with Crippen LogP contribution >= 0.6 is 11.3 Å². The van der Waals surface area contributed by atoms with Gasteiger partial charge in [0.15, 0.2) is 0 Å². The number of phenols is 1. The number of nitrogens with zero attached hydrogens (tertiary/aromatic N) is 4. The highest BCUT2D eigenvalue weighted by Gasteiger charge is 2.17. The molecule has 2 heterocycles. The Kier molecular flexibility index (Phi) is 8.61. The van der Waals surface area contributed by atoms with Gasteiger partial charge in [0.05, 0.1) is 18.4 Å². The van der Waals surface area contributed by atoms with E-state index in [4.69, 9.17) is 5.73 Å². The number of aromatic nitrogens is 1.